The number of esters is 2. The molecule has 0 heterocycles. The molecule has 3 N–H and O–H groups in total. The van der Waals surface area contributed by atoms with E-state index < -0.39 is 36.1 Å². The fourth-order valence-corrected chi connectivity index (χ4v) is 2.24. The van der Waals surface area contributed by atoms with Crippen molar-refractivity contribution >= 4 is 23.9 Å². The van der Waals surface area contributed by atoms with Crippen LogP contribution in [0.1, 0.15) is 18.4 Å². The van der Waals surface area contributed by atoms with Crippen molar-refractivity contribution in [2.75, 3.05) is 20.8 Å². The Bertz CT molecular complexity index is 736. The molecule has 1 aromatic carbocycles. The molecule has 0 aromatic heterocycles. The lowest BCUT2D eigenvalue weighted by Gasteiger charge is -2.17. The van der Waals surface area contributed by atoms with Crippen LogP contribution in [0.3, 0.4) is 0 Å². The van der Waals surface area contributed by atoms with Crippen molar-refractivity contribution in [1.82, 2.24) is 10.6 Å². The molecule has 10 nitrogen and oxygen atoms in total. The summed E-state index contributed by atoms with van der Waals surface area (Å²) in [5, 5.41) is 14.7. The van der Waals surface area contributed by atoms with Crippen LogP contribution in [-0.2, 0) is 35.2 Å². The normalized spacial score (nSPS) is 12.5. The first-order chi connectivity index (χ1) is 14.3. The van der Waals surface area contributed by atoms with Crippen molar-refractivity contribution in [2.24, 2.45) is 0 Å². The fraction of sp³-hybridized carbons (Fsp3) is 0.400. The van der Waals surface area contributed by atoms with E-state index in [0.29, 0.717) is 0 Å². The zero-order chi connectivity index (χ0) is 22.4. The van der Waals surface area contributed by atoms with E-state index in [1.165, 1.54) is 13.2 Å². The number of hydrogen-bond acceptors (Lipinski definition) is 8. The summed E-state index contributed by atoms with van der Waals surface area (Å²) in [5.74, 6) is -1.95. The first kappa shape index (κ1) is 24.6. The molecule has 30 heavy (non-hydrogen) atoms. The monoisotopic (exact) mass is 422 g/mol. The molecule has 10 heteroatoms. The molecule has 2 amide bonds. The standard InChI is InChI=1S/C20H26N2O8/c1-28-18(25)10-6-9-16(19(26)29-2)22-17(24)11-15(23)12-21-20(27)30-13-14-7-4-3-5-8-14/h3-8,10,15-16,23H,9,11-13H2,1-2H3,(H,21,27)(H,22,24)/b10-6+/t15-,16-/m1/s1. The van der Waals surface area contributed by atoms with Gasteiger partial charge in [-0.05, 0) is 12.0 Å². The molecule has 0 radical (unpaired) electrons. The van der Waals surface area contributed by atoms with Gasteiger partial charge in [0.2, 0.25) is 5.91 Å². The molecule has 0 aliphatic heterocycles. The highest BCUT2D eigenvalue weighted by atomic mass is 16.5. The Balaban J connectivity index is 2.39. The lowest BCUT2D eigenvalue weighted by atomic mass is 10.1. The minimum Gasteiger partial charge on any atom is -0.467 e. The van der Waals surface area contributed by atoms with Crippen LogP contribution in [0.25, 0.3) is 0 Å². The maximum atomic E-state index is 12.1. The fourth-order valence-electron chi connectivity index (χ4n) is 2.24. The highest BCUT2D eigenvalue weighted by Crippen LogP contribution is 2.02. The van der Waals surface area contributed by atoms with E-state index in [1.54, 1.807) is 12.1 Å². The predicted molar refractivity (Wildman–Crippen MR) is 105 cm³/mol. The van der Waals surface area contributed by atoms with Crippen molar-refractivity contribution in [3.8, 4) is 0 Å². The summed E-state index contributed by atoms with van der Waals surface area (Å²) in [5.41, 5.74) is 0.808. The number of ether oxygens (including phenoxy) is 3. The number of hydrogen-bond donors (Lipinski definition) is 3. The van der Waals surface area contributed by atoms with Crippen LogP contribution in [0.15, 0.2) is 42.5 Å². The largest absolute Gasteiger partial charge is 0.467 e. The van der Waals surface area contributed by atoms with Crippen LogP contribution in [0.2, 0.25) is 0 Å². The molecule has 0 unspecified atom stereocenters. The van der Waals surface area contributed by atoms with Gasteiger partial charge in [0.15, 0.2) is 0 Å². The molecule has 0 aliphatic carbocycles. The van der Waals surface area contributed by atoms with Crippen molar-refractivity contribution in [1.29, 1.82) is 0 Å². The Morgan fingerprint density at radius 3 is 2.43 bits per heavy atom. The molecule has 0 spiro atoms. The maximum absolute atomic E-state index is 12.1. The van der Waals surface area contributed by atoms with Gasteiger partial charge < -0.3 is 30.0 Å². The summed E-state index contributed by atoms with van der Waals surface area (Å²) in [6.07, 6.45) is 0.161. The van der Waals surface area contributed by atoms with Gasteiger partial charge in [-0.15, -0.1) is 0 Å². The zero-order valence-electron chi connectivity index (χ0n) is 16.8. The summed E-state index contributed by atoms with van der Waals surface area (Å²) in [7, 11) is 2.37. The molecule has 1 aromatic rings. The number of aliphatic hydroxyl groups excluding tert-OH is 1. The minimum absolute atomic E-state index is 0.00628. The topological polar surface area (TPSA) is 140 Å². The van der Waals surface area contributed by atoms with Crippen molar-refractivity contribution in [3.63, 3.8) is 0 Å². The van der Waals surface area contributed by atoms with Gasteiger partial charge in [0.25, 0.3) is 0 Å². The number of aliphatic hydroxyl groups is 1. The lowest BCUT2D eigenvalue weighted by molar-refractivity contribution is -0.145. The summed E-state index contributed by atoms with van der Waals surface area (Å²) >= 11 is 0. The SMILES string of the molecule is COC(=O)/C=C/C[C@@H](NC(=O)C[C@@H](O)CNC(=O)OCc1ccccc1)C(=O)OC. The highest BCUT2D eigenvalue weighted by molar-refractivity contribution is 5.85. The molecular formula is C20H26N2O8. The number of amides is 2. The molecule has 0 aliphatic rings. The number of rotatable bonds is 11. The van der Waals surface area contributed by atoms with Gasteiger partial charge in [0, 0.05) is 12.6 Å². The van der Waals surface area contributed by atoms with Crippen molar-refractivity contribution < 1.29 is 38.5 Å². The summed E-state index contributed by atoms with van der Waals surface area (Å²) in [6.45, 7) is -0.144. The van der Waals surface area contributed by atoms with Gasteiger partial charge in [-0.1, -0.05) is 36.4 Å². The number of alkyl carbamates (subject to hydrolysis) is 1. The van der Waals surface area contributed by atoms with Gasteiger partial charge in [0.05, 0.1) is 26.7 Å². The highest BCUT2D eigenvalue weighted by Gasteiger charge is 2.22. The lowest BCUT2D eigenvalue weighted by Crippen LogP contribution is -2.43. The Labute approximate surface area is 174 Å². The minimum atomic E-state index is -1.20. The van der Waals surface area contributed by atoms with Crippen molar-refractivity contribution in [3.05, 3.63) is 48.0 Å². The second-order valence-corrected chi connectivity index (χ2v) is 6.11. The van der Waals surface area contributed by atoms with E-state index in [4.69, 9.17) is 4.74 Å². The Morgan fingerprint density at radius 1 is 1.10 bits per heavy atom. The van der Waals surface area contributed by atoms with Gasteiger partial charge in [-0.3, -0.25) is 4.79 Å². The van der Waals surface area contributed by atoms with E-state index in [0.717, 1.165) is 18.7 Å². The third-order valence-corrected chi connectivity index (χ3v) is 3.76. The van der Waals surface area contributed by atoms with Crippen molar-refractivity contribution in [2.45, 2.75) is 31.6 Å². The molecule has 1 rings (SSSR count). The van der Waals surface area contributed by atoms with Crippen LogP contribution in [0, 0.1) is 0 Å². The van der Waals surface area contributed by atoms with Crippen LogP contribution in [-0.4, -0.2) is 62.0 Å². The van der Waals surface area contributed by atoms with E-state index in [2.05, 4.69) is 20.1 Å². The zero-order valence-corrected chi connectivity index (χ0v) is 16.8. The Hall–Kier alpha value is -3.40. The average Bonchev–Trinajstić information content (AvgIpc) is 2.75. The van der Waals surface area contributed by atoms with Crippen LogP contribution in [0.4, 0.5) is 4.79 Å². The number of methoxy groups -OCH3 is 2. The van der Waals surface area contributed by atoms with E-state index in [9.17, 15) is 24.3 Å². The van der Waals surface area contributed by atoms with Gasteiger partial charge >= 0.3 is 18.0 Å². The third kappa shape index (κ3) is 10.2. The first-order valence-corrected chi connectivity index (χ1v) is 9.10. The van der Waals surface area contributed by atoms with Gasteiger partial charge in [-0.2, -0.15) is 0 Å². The molecular weight excluding hydrogens is 396 g/mol. The second kappa shape index (κ2) is 13.7. The molecule has 2 atom stereocenters. The van der Waals surface area contributed by atoms with Gasteiger partial charge in [0.1, 0.15) is 12.6 Å². The summed E-state index contributed by atoms with van der Waals surface area (Å²) in [6, 6.07) is 8.01. The van der Waals surface area contributed by atoms with Crippen LogP contribution < -0.4 is 10.6 Å². The van der Waals surface area contributed by atoms with E-state index >= 15 is 0 Å². The summed E-state index contributed by atoms with van der Waals surface area (Å²) in [4.78, 5) is 46.5. The summed E-state index contributed by atoms with van der Waals surface area (Å²) < 4.78 is 14.0. The molecule has 164 valence electrons. The quantitative estimate of drug-likeness (QED) is 0.265. The molecule has 0 fully saturated rings. The Kier molecular flexibility index (Phi) is 11.3. The Morgan fingerprint density at radius 2 is 1.80 bits per heavy atom. The second-order valence-electron chi connectivity index (χ2n) is 6.11. The number of nitrogens with one attached hydrogen (secondary N) is 2. The van der Waals surface area contributed by atoms with Crippen LogP contribution >= 0.6 is 0 Å². The number of carbonyl (C=O) groups excluding carboxylic acids is 4. The van der Waals surface area contributed by atoms with E-state index in [-0.39, 0.29) is 26.0 Å². The molecule has 0 saturated carbocycles. The number of benzene rings is 1. The van der Waals surface area contributed by atoms with E-state index in [1.807, 2.05) is 18.2 Å². The first-order valence-electron chi connectivity index (χ1n) is 9.10. The number of carbonyl (C=O) groups is 4. The molecule has 0 bridgehead atoms. The smallest absolute Gasteiger partial charge is 0.407 e. The average molecular weight is 422 g/mol. The third-order valence-electron chi connectivity index (χ3n) is 3.76. The predicted octanol–water partition coefficient (Wildman–Crippen LogP) is 0.441. The van der Waals surface area contributed by atoms with Crippen LogP contribution in [0.5, 0.6) is 0 Å². The maximum Gasteiger partial charge on any atom is 0.407 e. The molecule has 0 saturated heterocycles. The van der Waals surface area contributed by atoms with Gasteiger partial charge in [-0.25, -0.2) is 14.4 Å².